The van der Waals surface area contributed by atoms with Crippen LogP contribution in [0.25, 0.3) is 0 Å². The minimum atomic E-state index is -3.13. The maximum absolute atomic E-state index is 8.74. The van der Waals surface area contributed by atoms with Gasteiger partial charge in [-0.25, -0.2) is 0 Å². The van der Waals surface area contributed by atoms with Gasteiger partial charge >= 0.3 is 8.25 Å². The SMILES string of the molecule is Cl.O=[PH](O)O.c1cnccn1.c1cnccn1. The molecule has 9 heteroatoms. The Morgan fingerprint density at radius 3 is 0.824 bits per heavy atom. The fraction of sp³-hybridized carbons (Fsp3) is 0. The highest BCUT2D eigenvalue weighted by atomic mass is 35.5. The van der Waals surface area contributed by atoms with Crippen molar-refractivity contribution in [1.29, 1.82) is 0 Å². The lowest BCUT2D eigenvalue weighted by atomic mass is 10.8. The number of hydrogen-bond donors (Lipinski definition) is 2. The van der Waals surface area contributed by atoms with Crippen molar-refractivity contribution in [2.24, 2.45) is 0 Å². The summed E-state index contributed by atoms with van der Waals surface area (Å²) in [5, 5.41) is 0. The molecule has 0 spiro atoms. The summed E-state index contributed by atoms with van der Waals surface area (Å²) in [6, 6.07) is 0. The quantitative estimate of drug-likeness (QED) is 0.684. The third-order valence-electron chi connectivity index (χ3n) is 0.955. The summed E-state index contributed by atoms with van der Waals surface area (Å²) >= 11 is 0. The molecule has 0 fully saturated rings. The van der Waals surface area contributed by atoms with Gasteiger partial charge in [0.05, 0.1) is 0 Å². The highest BCUT2D eigenvalue weighted by Crippen LogP contribution is 1.98. The summed E-state index contributed by atoms with van der Waals surface area (Å²) in [5.74, 6) is 0. The molecule has 0 unspecified atom stereocenters. The normalized spacial score (nSPS) is 7.71. The summed E-state index contributed by atoms with van der Waals surface area (Å²) in [5.41, 5.74) is 0. The van der Waals surface area contributed by atoms with Crippen LogP contribution in [0.15, 0.2) is 49.6 Å². The maximum atomic E-state index is 8.74. The molecule has 17 heavy (non-hydrogen) atoms. The molecule has 0 aliphatic heterocycles. The van der Waals surface area contributed by atoms with Gasteiger partial charge in [-0.15, -0.1) is 12.4 Å². The molecule has 2 aromatic rings. The van der Waals surface area contributed by atoms with Crippen LogP contribution in [0.4, 0.5) is 0 Å². The fourth-order valence-electron chi connectivity index (χ4n) is 0.507. The highest BCUT2D eigenvalue weighted by Gasteiger charge is 1.61. The predicted molar refractivity (Wildman–Crippen MR) is 64.8 cm³/mol. The van der Waals surface area contributed by atoms with E-state index in [0.29, 0.717) is 0 Å². The van der Waals surface area contributed by atoms with Crippen LogP contribution in [0.3, 0.4) is 0 Å². The minimum Gasteiger partial charge on any atom is -0.326 e. The molecule has 0 saturated heterocycles. The van der Waals surface area contributed by atoms with Gasteiger partial charge < -0.3 is 9.79 Å². The molecule has 0 amide bonds. The second-order valence-corrected chi connectivity index (χ2v) is 2.64. The molecule has 0 saturated carbocycles. The van der Waals surface area contributed by atoms with E-state index < -0.39 is 8.25 Å². The predicted octanol–water partition coefficient (Wildman–Crippen LogP) is 0.736. The Hall–Kier alpha value is -1.40. The standard InChI is InChI=1S/2C4H4N2.ClH.H3O3P/c2*1-2-6-4-3-5-1;;1-4(2)3/h2*1-4H;1H;4H,(H2,1,2,3). The Morgan fingerprint density at radius 1 is 0.647 bits per heavy atom. The monoisotopic (exact) mass is 278 g/mol. The topological polar surface area (TPSA) is 109 Å². The zero-order valence-electron chi connectivity index (χ0n) is 8.62. The van der Waals surface area contributed by atoms with Crippen molar-refractivity contribution in [3.63, 3.8) is 0 Å². The van der Waals surface area contributed by atoms with Crippen LogP contribution in [-0.4, -0.2) is 29.7 Å². The van der Waals surface area contributed by atoms with Gasteiger partial charge in [0.25, 0.3) is 0 Å². The Bertz CT molecular complexity index is 279. The molecular formula is C8H12ClN4O3P. The largest absolute Gasteiger partial charge is 0.326 e. The van der Waals surface area contributed by atoms with Crippen molar-refractivity contribution in [2.75, 3.05) is 0 Å². The van der Waals surface area contributed by atoms with Crippen molar-refractivity contribution in [3.05, 3.63) is 49.6 Å². The van der Waals surface area contributed by atoms with Gasteiger partial charge in [-0.1, -0.05) is 0 Å². The molecule has 0 radical (unpaired) electrons. The Balaban J connectivity index is 0. The summed E-state index contributed by atoms with van der Waals surface area (Å²) in [4.78, 5) is 29.2. The Kier molecular flexibility index (Phi) is 15.4. The lowest BCUT2D eigenvalue weighted by molar-refractivity contribution is 0.405. The van der Waals surface area contributed by atoms with E-state index in [1.807, 2.05) is 0 Å². The number of nitrogens with zero attached hydrogens (tertiary/aromatic N) is 4. The first-order valence-electron chi connectivity index (χ1n) is 4.05. The second kappa shape index (κ2) is 14.6. The average Bonchev–Trinajstić information content (AvgIpc) is 2.34. The second-order valence-electron chi connectivity index (χ2n) is 2.07. The van der Waals surface area contributed by atoms with Gasteiger partial charge in [-0.2, -0.15) is 0 Å². The van der Waals surface area contributed by atoms with Crippen molar-refractivity contribution in [1.82, 2.24) is 19.9 Å². The summed E-state index contributed by atoms with van der Waals surface area (Å²) < 4.78 is 8.74. The first-order chi connectivity index (χ1) is 7.73. The van der Waals surface area contributed by atoms with Crippen LogP contribution in [0.2, 0.25) is 0 Å². The van der Waals surface area contributed by atoms with Crippen LogP contribution >= 0.6 is 20.7 Å². The lowest BCUT2D eigenvalue weighted by Gasteiger charge is -1.70. The van der Waals surface area contributed by atoms with Crippen molar-refractivity contribution < 1.29 is 14.4 Å². The van der Waals surface area contributed by atoms with Crippen LogP contribution in [0.1, 0.15) is 0 Å². The molecule has 2 heterocycles. The van der Waals surface area contributed by atoms with Gasteiger partial charge in [0.15, 0.2) is 0 Å². The van der Waals surface area contributed by atoms with Gasteiger partial charge in [-0.05, 0) is 0 Å². The zero-order chi connectivity index (χ0) is 12.1. The van der Waals surface area contributed by atoms with Crippen LogP contribution in [-0.2, 0) is 4.57 Å². The molecule has 2 rings (SSSR count). The number of rotatable bonds is 0. The van der Waals surface area contributed by atoms with Crippen LogP contribution in [0, 0.1) is 0 Å². The molecule has 2 N–H and O–H groups in total. The van der Waals surface area contributed by atoms with E-state index >= 15 is 0 Å². The first-order valence-corrected chi connectivity index (χ1v) is 5.35. The smallest absolute Gasteiger partial charge is 0.314 e. The van der Waals surface area contributed by atoms with E-state index in [2.05, 4.69) is 19.9 Å². The fourth-order valence-corrected chi connectivity index (χ4v) is 0.507. The van der Waals surface area contributed by atoms with Crippen LogP contribution < -0.4 is 0 Å². The van der Waals surface area contributed by atoms with E-state index in [-0.39, 0.29) is 12.4 Å². The van der Waals surface area contributed by atoms with Crippen LogP contribution in [0.5, 0.6) is 0 Å². The first kappa shape index (κ1) is 18.0. The summed E-state index contributed by atoms with van der Waals surface area (Å²) in [7, 11) is -3.13. The van der Waals surface area contributed by atoms with E-state index in [9.17, 15) is 0 Å². The molecular weight excluding hydrogens is 267 g/mol. The maximum Gasteiger partial charge on any atom is 0.314 e. The minimum absolute atomic E-state index is 0. The average molecular weight is 279 g/mol. The molecule has 0 aliphatic carbocycles. The Morgan fingerprint density at radius 2 is 0.765 bits per heavy atom. The number of halogens is 1. The molecule has 7 nitrogen and oxygen atoms in total. The van der Waals surface area contributed by atoms with E-state index in [4.69, 9.17) is 14.4 Å². The van der Waals surface area contributed by atoms with Crippen molar-refractivity contribution in [2.45, 2.75) is 0 Å². The highest BCUT2D eigenvalue weighted by molar-refractivity contribution is 7.30. The van der Waals surface area contributed by atoms with E-state index in [0.717, 1.165) is 0 Å². The van der Waals surface area contributed by atoms with Gasteiger partial charge in [0.2, 0.25) is 0 Å². The third kappa shape index (κ3) is 20.6. The van der Waals surface area contributed by atoms with Gasteiger partial charge in [0, 0.05) is 49.6 Å². The third-order valence-corrected chi connectivity index (χ3v) is 0.955. The van der Waals surface area contributed by atoms with E-state index in [1.54, 1.807) is 49.6 Å². The molecule has 0 bridgehead atoms. The summed E-state index contributed by atoms with van der Waals surface area (Å²) in [6.45, 7) is 0. The van der Waals surface area contributed by atoms with Gasteiger partial charge in [0.1, 0.15) is 0 Å². The lowest BCUT2D eigenvalue weighted by Crippen LogP contribution is -1.66. The molecule has 94 valence electrons. The van der Waals surface area contributed by atoms with Crippen molar-refractivity contribution in [3.8, 4) is 0 Å². The van der Waals surface area contributed by atoms with Crippen molar-refractivity contribution >= 4 is 20.7 Å². The number of aromatic nitrogens is 4. The van der Waals surface area contributed by atoms with Gasteiger partial charge in [-0.3, -0.25) is 24.5 Å². The molecule has 2 aromatic heterocycles. The Labute approximate surface area is 105 Å². The molecule has 0 aromatic carbocycles. The number of hydrogen-bond acceptors (Lipinski definition) is 5. The summed E-state index contributed by atoms with van der Waals surface area (Å²) in [6.07, 6.45) is 13.1. The van der Waals surface area contributed by atoms with E-state index in [1.165, 1.54) is 0 Å². The molecule has 0 aliphatic rings. The molecule has 0 atom stereocenters. The zero-order valence-corrected chi connectivity index (χ0v) is 10.4.